The number of carbonyl (C=O) groups excluding carboxylic acids is 1. The van der Waals surface area contributed by atoms with Crippen LogP contribution < -0.4 is 5.32 Å². The summed E-state index contributed by atoms with van der Waals surface area (Å²) in [6.07, 6.45) is 0.979. The van der Waals surface area contributed by atoms with Crippen LogP contribution in [0.4, 0.5) is 5.69 Å². The summed E-state index contributed by atoms with van der Waals surface area (Å²) in [4.78, 5) is 33.8. The molecule has 116 valence electrons. The number of nitro groups is 1. The molecule has 2 aromatic rings. The van der Waals surface area contributed by atoms with Crippen molar-refractivity contribution in [3.05, 3.63) is 39.3 Å². The van der Waals surface area contributed by atoms with Gasteiger partial charge < -0.3 is 10.4 Å². The van der Waals surface area contributed by atoms with E-state index in [0.29, 0.717) is 23.1 Å². The van der Waals surface area contributed by atoms with Crippen molar-refractivity contribution >= 4 is 39.0 Å². The highest BCUT2D eigenvalue weighted by atomic mass is 32.1. The van der Waals surface area contributed by atoms with Crippen molar-refractivity contribution < 1.29 is 19.6 Å². The number of benzene rings is 1. The summed E-state index contributed by atoms with van der Waals surface area (Å²) in [5.74, 6) is -1.56. The van der Waals surface area contributed by atoms with E-state index in [1.807, 2.05) is 6.92 Å². The maximum Gasteiger partial charge on any atom is 0.326 e. The van der Waals surface area contributed by atoms with Gasteiger partial charge in [0.2, 0.25) is 0 Å². The highest BCUT2D eigenvalue weighted by Crippen LogP contribution is 2.29. The first-order valence-corrected chi connectivity index (χ1v) is 7.45. The lowest BCUT2D eigenvalue weighted by molar-refractivity contribution is -0.384. The number of non-ortho nitro benzene ring substituents is 1. The second-order valence-corrected chi connectivity index (χ2v) is 5.83. The zero-order valence-corrected chi connectivity index (χ0v) is 12.6. The van der Waals surface area contributed by atoms with Gasteiger partial charge in [-0.05, 0) is 18.6 Å². The molecule has 1 aromatic heterocycles. The molecule has 7 nitrogen and oxygen atoms in total. The number of nitro benzene ring substituents is 1. The molecule has 8 heteroatoms. The van der Waals surface area contributed by atoms with E-state index in [1.54, 1.807) is 6.07 Å². The third kappa shape index (κ3) is 3.40. The Bertz CT molecular complexity index is 740. The Morgan fingerprint density at radius 2 is 2.14 bits per heavy atom. The SMILES string of the molecule is CCCC(NC(=O)c1cc2cc([N+](=O)[O-])ccc2s1)C(=O)O. The minimum absolute atomic E-state index is 0.0494. The van der Waals surface area contributed by atoms with Crippen molar-refractivity contribution in [3.8, 4) is 0 Å². The third-order valence-corrected chi connectivity index (χ3v) is 4.23. The molecule has 1 aromatic carbocycles. The van der Waals surface area contributed by atoms with Crippen molar-refractivity contribution in [1.82, 2.24) is 5.32 Å². The van der Waals surface area contributed by atoms with Crippen molar-refractivity contribution in [2.24, 2.45) is 0 Å². The molecule has 0 saturated carbocycles. The highest BCUT2D eigenvalue weighted by Gasteiger charge is 2.21. The monoisotopic (exact) mass is 322 g/mol. The minimum atomic E-state index is -1.08. The number of nitrogens with zero attached hydrogens (tertiary/aromatic N) is 1. The molecule has 2 N–H and O–H groups in total. The van der Waals surface area contributed by atoms with Gasteiger partial charge in [0.25, 0.3) is 11.6 Å². The van der Waals surface area contributed by atoms with E-state index in [1.165, 1.54) is 29.5 Å². The zero-order valence-electron chi connectivity index (χ0n) is 11.7. The molecule has 1 heterocycles. The second-order valence-electron chi connectivity index (χ2n) is 4.74. The molecule has 0 fully saturated rings. The molecule has 2 rings (SSSR count). The van der Waals surface area contributed by atoms with E-state index < -0.39 is 22.8 Å². The Morgan fingerprint density at radius 3 is 2.73 bits per heavy atom. The molecule has 22 heavy (non-hydrogen) atoms. The van der Waals surface area contributed by atoms with Crippen LogP contribution >= 0.6 is 11.3 Å². The number of aliphatic carboxylic acids is 1. The van der Waals surface area contributed by atoms with Gasteiger partial charge >= 0.3 is 5.97 Å². The summed E-state index contributed by atoms with van der Waals surface area (Å²) in [6.45, 7) is 1.83. The molecule has 0 aliphatic rings. The lowest BCUT2D eigenvalue weighted by Crippen LogP contribution is -2.40. The third-order valence-electron chi connectivity index (χ3n) is 3.12. The van der Waals surface area contributed by atoms with Crippen LogP contribution in [0, 0.1) is 10.1 Å². The maximum absolute atomic E-state index is 12.1. The Morgan fingerprint density at radius 1 is 1.41 bits per heavy atom. The predicted octanol–water partition coefficient (Wildman–Crippen LogP) is 2.79. The number of fused-ring (bicyclic) bond motifs is 1. The second kappa shape index (κ2) is 6.52. The number of carbonyl (C=O) groups is 2. The molecule has 1 atom stereocenters. The number of hydrogen-bond donors (Lipinski definition) is 2. The van der Waals surface area contributed by atoms with Crippen LogP contribution in [0.3, 0.4) is 0 Å². The van der Waals surface area contributed by atoms with Gasteiger partial charge in [-0.1, -0.05) is 13.3 Å². The van der Waals surface area contributed by atoms with Crippen molar-refractivity contribution in [2.45, 2.75) is 25.8 Å². The number of rotatable bonds is 6. The van der Waals surface area contributed by atoms with Crippen molar-refractivity contribution in [3.63, 3.8) is 0 Å². The summed E-state index contributed by atoms with van der Waals surface area (Å²) in [6, 6.07) is 4.95. The average Bonchev–Trinajstić information content (AvgIpc) is 2.89. The molecule has 0 saturated heterocycles. The molecule has 0 aliphatic carbocycles. The Kier molecular flexibility index (Phi) is 4.71. The number of nitrogens with one attached hydrogen (secondary N) is 1. The van der Waals surface area contributed by atoms with Gasteiger partial charge in [0, 0.05) is 22.2 Å². The number of amides is 1. The highest BCUT2D eigenvalue weighted by molar-refractivity contribution is 7.20. The van der Waals surface area contributed by atoms with E-state index in [0.717, 1.165) is 4.70 Å². The van der Waals surface area contributed by atoms with Crippen LogP contribution in [-0.4, -0.2) is 27.9 Å². The van der Waals surface area contributed by atoms with E-state index in [2.05, 4.69) is 5.32 Å². The van der Waals surface area contributed by atoms with Gasteiger partial charge in [0.15, 0.2) is 0 Å². The average molecular weight is 322 g/mol. The fraction of sp³-hybridized carbons (Fsp3) is 0.286. The van der Waals surface area contributed by atoms with E-state index in [9.17, 15) is 19.7 Å². The van der Waals surface area contributed by atoms with E-state index in [-0.39, 0.29) is 5.69 Å². The normalized spacial score (nSPS) is 12.0. The first-order chi connectivity index (χ1) is 10.4. The Balaban J connectivity index is 2.24. The molecule has 0 aliphatic heterocycles. The first kappa shape index (κ1) is 15.9. The van der Waals surface area contributed by atoms with Gasteiger partial charge in [-0.2, -0.15) is 0 Å². The predicted molar refractivity (Wildman–Crippen MR) is 82.3 cm³/mol. The first-order valence-electron chi connectivity index (χ1n) is 6.64. The minimum Gasteiger partial charge on any atom is -0.480 e. The summed E-state index contributed by atoms with van der Waals surface area (Å²) in [5.41, 5.74) is -0.0494. The van der Waals surface area contributed by atoms with Crippen LogP contribution in [0.5, 0.6) is 0 Å². The van der Waals surface area contributed by atoms with Crippen LogP contribution in [0.1, 0.15) is 29.4 Å². The standard InChI is InChI=1S/C14H14N2O5S/c1-2-3-10(14(18)19)15-13(17)12-7-8-6-9(16(20)21)4-5-11(8)22-12/h4-7,10H,2-3H2,1H3,(H,15,17)(H,18,19). The quantitative estimate of drug-likeness (QED) is 0.627. The largest absolute Gasteiger partial charge is 0.480 e. The van der Waals surface area contributed by atoms with E-state index >= 15 is 0 Å². The molecule has 0 radical (unpaired) electrons. The fourth-order valence-corrected chi connectivity index (χ4v) is 2.98. The van der Waals surface area contributed by atoms with Crippen LogP contribution in [0.15, 0.2) is 24.3 Å². The fourth-order valence-electron chi connectivity index (χ4n) is 2.03. The molecular formula is C14H14N2O5S. The number of hydrogen-bond acceptors (Lipinski definition) is 5. The van der Waals surface area contributed by atoms with Gasteiger partial charge in [-0.3, -0.25) is 14.9 Å². The smallest absolute Gasteiger partial charge is 0.326 e. The van der Waals surface area contributed by atoms with Crippen LogP contribution in [0.25, 0.3) is 10.1 Å². The van der Waals surface area contributed by atoms with Gasteiger partial charge in [0.05, 0.1) is 9.80 Å². The lowest BCUT2D eigenvalue weighted by Gasteiger charge is -2.12. The molecular weight excluding hydrogens is 308 g/mol. The number of carboxylic acids is 1. The lowest BCUT2D eigenvalue weighted by atomic mass is 10.1. The van der Waals surface area contributed by atoms with Gasteiger partial charge in [-0.15, -0.1) is 11.3 Å². The summed E-state index contributed by atoms with van der Waals surface area (Å²) < 4.78 is 0.734. The van der Waals surface area contributed by atoms with E-state index in [4.69, 9.17) is 5.11 Å². The molecule has 1 unspecified atom stereocenters. The summed E-state index contributed by atoms with van der Waals surface area (Å²) in [5, 5.41) is 22.9. The van der Waals surface area contributed by atoms with Gasteiger partial charge in [0.1, 0.15) is 6.04 Å². The van der Waals surface area contributed by atoms with Crippen LogP contribution in [0.2, 0.25) is 0 Å². The van der Waals surface area contributed by atoms with Crippen LogP contribution in [-0.2, 0) is 4.79 Å². The topological polar surface area (TPSA) is 110 Å². The van der Waals surface area contributed by atoms with Crippen molar-refractivity contribution in [2.75, 3.05) is 0 Å². The van der Waals surface area contributed by atoms with Crippen molar-refractivity contribution in [1.29, 1.82) is 0 Å². The summed E-state index contributed by atoms with van der Waals surface area (Å²) in [7, 11) is 0. The molecule has 0 bridgehead atoms. The zero-order chi connectivity index (χ0) is 16.3. The Hall–Kier alpha value is -2.48. The van der Waals surface area contributed by atoms with Gasteiger partial charge in [-0.25, -0.2) is 4.79 Å². The summed E-state index contributed by atoms with van der Waals surface area (Å²) >= 11 is 1.17. The maximum atomic E-state index is 12.1. The number of carboxylic acid groups (broad SMARTS) is 1. The Labute approximate surface area is 129 Å². The molecule has 1 amide bonds. The molecule has 0 spiro atoms. The number of thiophene rings is 1.